The molecule has 1 atom stereocenters. The predicted molar refractivity (Wildman–Crippen MR) is 110 cm³/mol. The van der Waals surface area contributed by atoms with Crippen LogP contribution >= 0.6 is 0 Å². The molecule has 0 saturated carbocycles. The third kappa shape index (κ3) is 6.37. The zero-order chi connectivity index (χ0) is 22.4. The van der Waals surface area contributed by atoms with Crippen LogP contribution in [0.15, 0.2) is 42.5 Å². The average molecular weight is 435 g/mol. The summed E-state index contributed by atoms with van der Waals surface area (Å²) in [4.78, 5) is 23.8. The third-order valence-corrected chi connectivity index (χ3v) is 4.80. The van der Waals surface area contributed by atoms with E-state index in [-0.39, 0.29) is 25.6 Å². The summed E-state index contributed by atoms with van der Waals surface area (Å²) in [7, 11) is 0. The molecule has 3 N–H and O–H groups in total. The number of hydrogen-bond donors (Lipinski definition) is 3. The summed E-state index contributed by atoms with van der Waals surface area (Å²) in [6, 6.07) is 10.9. The first-order valence-corrected chi connectivity index (χ1v) is 9.97. The van der Waals surface area contributed by atoms with Gasteiger partial charge in [0, 0.05) is 13.1 Å². The van der Waals surface area contributed by atoms with Gasteiger partial charge in [0.05, 0.1) is 17.3 Å². The van der Waals surface area contributed by atoms with Gasteiger partial charge < -0.3 is 20.7 Å². The highest BCUT2D eigenvalue weighted by molar-refractivity contribution is 6.35. The van der Waals surface area contributed by atoms with Gasteiger partial charge in [0.1, 0.15) is 12.4 Å². The van der Waals surface area contributed by atoms with Crippen molar-refractivity contribution in [1.29, 1.82) is 0 Å². The van der Waals surface area contributed by atoms with Crippen LogP contribution in [0, 0.1) is 0 Å². The highest BCUT2D eigenvalue weighted by atomic mass is 19.4. The summed E-state index contributed by atoms with van der Waals surface area (Å²) in [5.74, 6) is -0.845. The molecule has 3 rings (SSSR count). The maximum absolute atomic E-state index is 12.7. The van der Waals surface area contributed by atoms with Gasteiger partial charge in [-0.1, -0.05) is 24.3 Å². The van der Waals surface area contributed by atoms with Gasteiger partial charge in [0.2, 0.25) is 0 Å². The van der Waals surface area contributed by atoms with Gasteiger partial charge in [-0.2, -0.15) is 13.2 Å². The van der Waals surface area contributed by atoms with Crippen LogP contribution in [-0.4, -0.2) is 37.6 Å². The van der Waals surface area contributed by atoms with E-state index in [0.29, 0.717) is 18.6 Å². The number of fused-ring (bicyclic) bond motifs is 1. The number of carbonyl (C=O) groups excluding carboxylic acids is 2. The first-order chi connectivity index (χ1) is 14.7. The van der Waals surface area contributed by atoms with Gasteiger partial charge in [-0.3, -0.25) is 9.59 Å². The molecule has 2 aromatic rings. The molecule has 0 aromatic heterocycles. The molecule has 1 aliphatic rings. The van der Waals surface area contributed by atoms with Crippen molar-refractivity contribution in [2.45, 2.75) is 32.0 Å². The molecule has 0 bridgehead atoms. The Kier molecular flexibility index (Phi) is 7.04. The zero-order valence-corrected chi connectivity index (χ0v) is 17.0. The number of ether oxygens (including phenoxy) is 1. The van der Waals surface area contributed by atoms with Crippen LogP contribution in [0.4, 0.5) is 18.9 Å². The smallest absolute Gasteiger partial charge is 0.416 e. The molecular formula is C22H24F3N3O3. The van der Waals surface area contributed by atoms with E-state index in [1.165, 1.54) is 6.07 Å². The second-order valence-corrected chi connectivity index (χ2v) is 7.40. The highest BCUT2D eigenvalue weighted by Gasteiger charge is 2.30. The van der Waals surface area contributed by atoms with Crippen LogP contribution in [0.2, 0.25) is 0 Å². The Morgan fingerprint density at radius 3 is 2.32 bits per heavy atom. The number of anilines is 1. The molecule has 2 aromatic carbocycles. The molecule has 0 aliphatic carbocycles. The lowest BCUT2D eigenvalue weighted by Crippen LogP contribution is -2.41. The molecule has 0 fully saturated rings. The van der Waals surface area contributed by atoms with Crippen LogP contribution in [0.3, 0.4) is 0 Å². The lowest BCUT2D eigenvalue weighted by atomic mass is 10.1. The number of amides is 2. The van der Waals surface area contributed by atoms with E-state index >= 15 is 0 Å². The fourth-order valence-corrected chi connectivity index (χ4v) is 3.19. The quantitative estimate of drug-likeness (QED) is 0.610. The average Bonchev–Trinajstić information content (AvgIpc) is 2.73. The SMILES string of the molecule is C[C@@H]1COc2cc(CCNC(=O)C(=O)NCCc3cccc(C(F)(F)F)c3)ccc2N1. The molecule has 2 amide bonds. The first kappa shape index (κ1) is 22.5. The van der Waals surface area contributed by atoms with Crippen molar-refractivity contribution in [3.8, 4) is 5.75 Å². The molecule has 1 aliphatic heterocycles. The maximum atomic E-state index is 12.7. The highest BCUT2D eigenvalue weighted by Crippen LogP contribution is 2.30. The minimum Gasteiger partial charge on any atom is -0.489 e. The second kappa shape index (κ2) is 9.72. The number of rotatable bonds is 6. The van der Waals surface area contributed by atoms with Crippen LogP contribution in [0.1, 0.15) is 23.6 Å². The van der Waals surface area contributed by atoms with Gasteiger partial charge in [-0.05, 0) is 49.1 Å². The van der Waals surface area contributed by atoms with E-state index in [9.17, 15) is 22.8 Å². The van der Waals surface area contributed by atoms with Crippen LogP contribution in [0.5, 0.6) is 5.75 Å². The summed E-state index contributed by atoms with van der Waals surface area (Å²) in [6.45, 7) is 2.93. The molecule has 6 nitrogen and oxygen atoms in total. The molecule has 0 saturated heterocycles. The van der Waals surface area contributed by atoms with Gasteiger partial charge >= 0.3 is 18.0 Å². The van der Waals surface area contributed by atoms with Gasteiger partial charge in [0.25, 0.3) is 0 Å². The van der Waals surface area contributed by atoms with E-state index in [0.717, 1.165) is 29.1 Å². The van der Waals surface area contributed by atoms with Crippen LogP contribution < -0.4 is 20.7 Å². The summed E-state index contributed by atoms with van der Waals surface area (Å²) in [5.41, 5.74) is 1.56. The van der Waals surface area contributed by atoms with E-state index in [1.807, 2.05) is 25.1 Å². The Morgan fingerprint density at radius 2 is 1.68 bits per heavy atom. The molecule has 1 heterocycles. The topological polar surface area (TPSA) is 79.5 Å². The van der Waals surface area contributed by atoms with E-state index in [4.69, 9.17) is 4.74 Å². The molecule has 166 valence electrons. The van der Waals surface area contributed by atoms with Crippen molar-refractivity contribution in [2.75, 3.05) is 25.0 Å². The van der Waals surface area contributed by atoms with Gasteiger partial charge in [-0.15, -0.1) is 0 Å². The number of halogens is 3. The maximum Gasteiger partial charge on any atom is 0.416 e. The minimum absolute atomic E-state index is 0.0567. The van der Waals surface area contributed by atoms with E-state index < -0.39 is 23.6 Å². The number of benzene rings is 2. The normalized spacial score (nSPS) is 15.3. The molecular weight excluding hydrogens is 411 g/mol. The fraction of sp³-hybridized carbons (Fsp3) is 0.364. The second-order valence-electron chi connectivity index (χ2n) is 7.40. The van der Waals surface area contributed by atoms with E-state index in [1.54, 1.807) is 6.07 Å². The van der Waals surface area contributed by atoms with Crippen molar-refractivity contribution < 1.29 is 27.5 Å². The largest absolute Gasteiger partial charge is 0.489 e. The molecule has 0 radical (unpaired) electrons. The number of carbonyl (C=O) groups is 2. The van der Waals surface area contributed by atoms with Gasteiger partial charge in [0.15, 0.2) is 0 Å². The minimum atomic E-state index is -4.42. The Hall–Kier alpha value is -3.23. The lowest BCUT2D eigenvalue weighted by molar-refractivity contribution is -0.139. The van der Waals surface area contributed by atoms with Crippen molar-refractivity contribution in [1.82, 2.24) is 10.6 Å². The van der Waals surface area contributed by atoms with Gasteiger partial charge in [-0.25, -0.2) is 0 Å². The Morgan fingerprint density at radius 1 is 1.03 bits per heavy atom. The summed E-state index contributed by atoms with van der Waals surface area (Å²) >= 11 is 0. The van der Waals surface area contributed by atoms with E-state index in [2.05, 4.69) is 16.0 Å². The number of nitrogens with one attached hydrogen (secondary N) is 3. The van der Waals surface area contributed by atoms with Crippen molar-refractivity contribution in [3.63, 3.8) is 0 Å². The third-order valence-electron chi connectivity index (χ3n) is 4.80. The Labute approximate surface area is 178 Å². The zero-order valence-electron chi connectivity index (χ0n) is 17.0. The van der Waals surface area contributed by atoms with Crippen LogP contribution in [0.25, 0.3) is 0 Å². The molecule has 0 unspecified atom stereocenters. The van der Waals surface area contributed by atoms with Crippen LogP contribution in [-0.2, 0) is 28.6 Å². The summed E-state index contributed by atoms with van der Waals surface area (Å²) in [5, 5.41) is 8.28. The van der Waals surface area contributed by atoms with Crippen molar-refractivity contribution >= 4 is 17.5 Å². The standard InChI is InChI=1S/C22H24F3N3O3/c1-14-13-31-19-12-16(5-6-18(19)28-14)8-10-27-21(30)20(29)26-9-7-15-3-2-4-17(11-15)22(23,24)25/h2-6,11-12,14,28H,7-10,13H2,1H3,(H,26,29)(H,27,30)/t14-/m1/s1. The first-order valence-electron chi connectivity index (χ1n) is 9.97. The van der Waals surface area contributed by atoms with Crippen molar-refractivity contribution in [3.05, 3.63) is 59.2 Å². The molecule has 9 heteroatoms. The Balaban J connectivity index is 1.40. The summed E-state index contributed by atoms with van der Waals surface area (Å²) in [6.07, 6.45) is -3.71. The lowest BCUT2D eigenvalue weighted by Gasteiger charge is -2.25. The monoisotopic (exact) mass is 435 g/mol. The van der Waals surface area contributed by atoms with Crippen molar-refractivity contribution in [2.24, 2.45) is 0 Å². The summed E-state index contributed by atoms with van der Waals surface area (Å²) < 4.78 is 43.9. The molecule has 31 heavy (non-hydrogen) atoms. The molecule has 0 spiro atoms. The number of hydrogen-bond acceptors (Lipinski definition) is 4. The predicted octanol–water partition coefficient (Wildman–Crippen LogP) is 2.92. The fourth-order valence-electron chi connectivity index (χ4n) is 3.19. The Bertz CT molecular complexity index is 947. The number of alkyl halides is 3.